The molecule has 1 rings (SSSR count). The van der Waals surface area contributed by atoms with E-state index in [1.54, 1.807) is 20.8 Å². The summed E-state index contributed by atoms with van der Waals surface area (Å²) in [4.78, 5) is 24.3. The molecule has 0 aromatic carbocycles. The minimum absolute atomic E-state index is 0.00381. The average Bonchev–Trinajstić information content (AvgIpc) is 2.56. The normalized spacial score (nSPS) is 23.9. The minimum atomic E-state index is -1.12. The molecule has 0 unspecified atom stereocenters. The van der Waals surface area contributed by atoms with Crippen LogP contribution in [0, 0.1) is 0 Å². The summed E-state index contributed by atoms with van der Waals surface area (Å²) in [7, 11) is 1.27. The fraction of sp³-hybridized carbons (Fsp3) is 0.833. The van der Waals surface area contributed by atoms with Gasteiger partial charge in [-0.3, -0.25) is 4.79 Å². The van der Waals surface area contributed by atoms with Crippen LogP contribution in [0.1, 0.15) is 33.6 Å². The molecule has 2 atom stereocenters. The lowest BCUT2D eigenvalue weighted by Crippen LogP contribution is -2.41. The smallest absolute Gasteiger partial charge is 0.410 e. The second-order valence-corrected chi connectivity index (χ2v) is 5.40. The number of hydrogen-bond acceptors (Lipinski definition) is 4. The number of methoxy groups -OCH3 is 1. The van der Waals surface area contributed by atoms with E-state index in [2.05, 4.69) is 4.74 Å². The molecule has 0 saturated carbocycles. The van der Waals surface area contributed by atoms with Crippen molar-refractivity contribution in [2.45, 2.75) is 51.4 Å². The highest BCUT2D eigenvalue weighted by atomic mass is 19.1. The zero-order valence-electron chi connectivity index (χ0n) is 11.2. The van der Waals surface area contributed by atoms with Crippen LogP contribution < -0.4 is 0 Å². The van der Waals surface area contributed by atoms with E-state index in [1.165, 1.54) is 12.0 Å². The summed E-state index contributed by atoms with van der Waals surface area (Å²) >= 11 is 0. The van der Waals surface area contributed by atoms with Gasteiger partial charge in [0.1, 0.15) is 11.8 Å². The number of rotatable bonds is 2. The number of alkyl halides is 1. The van der Waals surface area contributed by atoms with Crippen LogP contribution in [0.3, 0.4) is 0 Å². The van der Waals surface area contributed by atoms with Crippen molar-refractivity contribution in [3.8, 4) is 0 Å². The predicted octanol–water partition coefficient (Wildman–Crippen LogP) is 1.90. The molecular weight excluding hydrogens is 241 g/mol. The number of amides is 1. The molecule has 0 radical (unpaired) electrons. The minimum Gasteiger partial charge on any atom is -0.469 e. The van der Waals surface area contributed by atoms with Gasteiger partial charge in [-0.15, -0.1) is 0 Å². The summed E-state index contributed by atoms with van der Waals surface area (Å²) in [5.74, 6) is -0.456. The first-order valence-electron chi connectivity index (χ1n) is 5.93. The third-order valence-corrected chi connectivity index (χ3v) is 2.62. The van der Waals surface area contributed by atoms with Crippen molar-refractivity contribution >= 4 is 12.1 Å². The fourth-order valence-corrected chi connectivity index (χ4v) is 1.87. The van der Waals surface area contributed by atoms with Crippen molar-refractivity contribution in [1.29, 1.82) is 0 Å². The maximum atomic E-state index is 13.4. The second-order valence-electron chi connectivity index (χ2n) is 5.40. The van der Waals surface area contributed by atoms with E-state index in [4.69, 9.17) is 4.74 Å². The number of carbonyl (C=O) groups is 2. The van der Waals surface area contributed by atoms with Crippen LogP contribution in [0.2, 0.25) is 0 Å². The highest BCUT2D eigenvalue weighted by molar-refractivity contribution is 5.73. The fourth-order valence-electron chi connectivity index (χ4n) is 1.87. The number of likely N-dealkylation sites (tertiary alicyclic amines) is 1. The van der Waals surface area contributed by atoms with E-state index in [-0.39, 0.29) is 19.4 Å². The lowest BCUT2D eigenvalue weighted by atomic mass is 10.1. The van der Waals surface area contributed by atoms with Crippen LogP contribution in [0.4, 0.5) is 9.18 Å². The Hall–Kier alpha value is -1.33. The standard InChI is InChI=1S/C12H20FNO4/c1-12(2,3)18-11(16)14-7-8(13)5-9(14)6-10(15)17-4/h8-9H,5-7H2,1-4H3/t8-,9-/m0/s1. The van der Waals surface area contributed by atoms with E-state index >= 15 is 0 Å². The van der Waals surface area contributed by atoms with Crippen molar-refractivity contribution in [2.24, 2.45) is 0 Å². The Bertz CT molecular complexity index is 327. The second kappa shape index (κ2) is 5.54. The Kier molecular flexibility index (Phi) is 4.53. The zero-order valence-corrected chi connectivity index (χ0v) is 11.2. The molecule has 0 aromatic heterocycles. The first-order valence-corrected chi connectivity index (χ1v) is 5.93. The third-order valence-electron chi connectivity index (χ3n) is 2.62. The molecule has 0 aliphatic carbocycles. The molecule has 5 nitrogen and oxygen atoms in total. The van der Waals surface area contributed by atoms with E-state index in [0.717, 1.165) is 0 Å². The van der Waals surface area contributed by atoms with Crippen LogP contribution in [0.25, 0.3) is 0 Å². The van der Waals surface area contributed by atoms with Gasteiger partial charge in [0.2, 0.25) is 0 Å². The Morgan fingerprint density at radius 3 is 2.50 bits per heavy atom. The number of halogens is 1. The largest absolute Gasteiger partial charge is 0.469 e. The van der Waals surface area contributed by atoms with Gasteiger partial charge in [-0.1, -0.05) is 0 Å². The van der Waals surface area contributed by atoms with Gasteiger partial charge < -0.3 is 14.4 Å². The molecule has 1 amide bonds. The molecule has 1 aliphatic rings. The molecule has 1 aliphatic heterocycles. The topological polar surface area (TPSA) is 55.8 Å². The number of hydrogen-bond donors (Lipinski definition) is 0. The summed E-state index contributed by atoms with van der Waals surface area (Å²) in [5, 5.41) is 0. The van der Waals surface area contributed by atoms with Crippen LogP contribution in [-0.2, 0) is 14.3 Å². The average molecular weight is 261 g/mol. The van der Waals surface area contributed by atoms with Gasteiger partial charge in [-0.05, 0) is 20.8 Å². The van der Waals surface area contributed by atoms with Gasteiger partial charge in [0.25, 0.3) is 0 Å². The first kappa shape index (κ1) is 14.7. The number of ether oxygens (including phenoxy) is 2. The van der Waals surface area contributed by atoms with Gasteiger partial charge in [-0.25, -0.2) is 9.18 Å². The Labute approximate surface area is 106 Å². The summed E-state index contributed by atoms with van der Waals surface area (Å²) in [6.07, 6.45) is -1.56. The van der Waals surface area contributed by atoms with Crippen molar-refractivity contribution in [2.75, 3.05) is 13.7 Å². The third kappa shape index (κ3) is 4.16. The molecule has 0 bridgehead atoms. The molecule has 104 valence electrons. The van der Waals surface area contributed by atoms with E-state index in [0.29, 0.717) is 0 Å². The van der Waals surface area contributed by atoms with Crippen LogP contribution in [0.15, 0.2) is 0 Å². The Morgan fingerprint density at radius 2 is 2.00 bits per heavy atom. The summed E-state index contributed by atoms with van der Waals surface area (Å²) in [6.45, 7) is 5.19. The highest BCUT2D eigenvalue weighted by Crippen LogP contribution is 2.25. The van der Waals surface area contributed by atoms with Crippen molar-refractivity contribution in [3.05, 3.63) is 0 Å². The van der Waals surface area contributed by atoms with Crippen molar-refractivity contribution in [3.63, 3.8) is 0 Å². The molecular formula is C12H20FNO4. The Morgan fingerprint density at radius 1 is 1.39 bits per heavy atom. The van der Waals surface area contributed by atoms with E-state index in [1.807, 2.05) is 0 Å². The number of carbonyl (C=O) groups excluding carboxylic acids is 2. The van der Waals surface area contributed by atoms with Crippen LogP contribution in [0.5, 0.6) is 0 Å². The van der Waals surface area contributed by atoms with Gasteiger partial charge in [0, 0.05) is 12.5 Å². The van der Waals surface area contributed by atoms with Crippen LogP contribution >= 0.6 is 0 Å². The molecule has 1 fully saturated rings. The van der Waals surface area contributed by atoms with E-state index < -0.39 is 29.9 Å². The zero-order chi connectivity index (χ0) is 13.9. The van der Waals surface area contributed by atoms with Gasteiger partial charge in [-0.2, -0.15) is 0 Å². The predicted molar refractivity (Wildman–Crippen MR) is 62.9 cm³/mol. The molecule has 6 heteroatoms. The van der Waals surface area contributed by atoms with Crippen molar-refractivity contribution in [1.82, 2.24) is 4.90 Å². The maximum absolute atomic E-state index is 13.4. The Balaban J connectivity index is 2.66. The summed E-state index contributed by atoms with van der Waals surface area (Å²) < 4.78 is 23.1. The molecule has 0 aromatic rings. The van der Waals surface area contributed by atoms with Gasteiger partial charge in [0.05, 0.1) is 20.1 Å². The van der Waals surface area contributed by atoms with Gasteiger partial charge in [0.15, 0.2) is 0 Å². The lowest BCUT2D eigenvalue weighted by molar-refractivity contribution is -0.141. The molecule has 18 heavy (non-hydrogen) atoms. The lowest BCUT2D eigenvalue weighted by Gasteiger charge is -2.27. The van der Waals surface area contributed by atoms with Gasteiger partial charge >= 0.3 is 12.1 Å². The van der Waals surface area contributed by atoms with Crippen molar-refractivity contribution < 1.29 is 23.5 Å². The summed E-state index contributed by atoms with van der Waals surface area (Å²) in [5.41, 5.74) is -0.638. The van der Waals surface area contributed by atoms with Crippen LogP contribution in [-0.4, -0.2) is 48.4 Å². The molecule has 1 saturated heterocycles. The molecule has 1 heterocycles. The molecule has 0 N–H and O–H groups in total. The molecule has 0 spiro atoms. The monoisotopic (exact) mass is 261 g/mol. The maximum Gasteiger partial charge on any atom is 0.410 e. The summed E-state index contributed by atoms with van der Waals surface area (Å²) in [6, 6.07) is -0.484. The number of nitrogens with zero attached hydrogens (tertiary/aromatic N) is 1. The highest BCUT2D eigenvalue weighted by Gasteiger charge is 2.38. The quantitative estimate of drug-likeness (QED) is 0.712. The number of esters is 1. The first-order chi connectivity index (χ1) is 8.23. The SMILES string of the molecule is COC(=O)C[C@@H]1C[C@H](F)CN1C(=O)OC(C)(C)C. The van der Waals surface area contributed by atoms with E-state index in [9.17, 15) is 14.0 Å².